The van der Waals surface area contributed by atoms with Gasteiger partial charge in [-0.15, -0.1) is 23.1 Å². The van der Waals surface area contributed by atoms with Gasteiger partial charge in [-0.25, -0.2) is 0 Å². The summed E-state index contributed by atoms with van der Waals surface area (Å²) in [5.41, 5.74) is 0. The van der Waals surface area contributed by atoms with Crippen molar-refractivity contribution in [2.75, 3.05) is 12.3 Å². The molecule has 1 unspecified atom stereocenters. The van der Waals surface area contributed by atoms with E-state index in [0.29, 0.717) is 6.04 Å². The molecule has 0 amide bonds. The molecule has 1 atom stereocenters. The van der Waals surface area contributed by atoms with E-state index in [1.165, 1.54) is 14.6 Å². The van der Waals surface area contributed by atoms with Crippen molar-refractivity contribution >= 4 is 23.1 Å². The van der Waals surface area contributed by atoms with Crippen LogP contribution < -0.4 is 5.32 Å². The summed E-state index contributed by atoms with van der Waals surface area (Å²) in [7, 11) is 0. The van der Waals surface area contributed by atoms with Gasteiger partial charge >= 0.3 is 0 Å². The predicted molar refractivity (Wildman–Crippen MR) is 82.6 cm³/mol. The minimum Gasteiger partial charge on any atom is -0.309 e. The first-order valence-electron chi connectivity index (χ1n) is 6.23. The van der Waals surface area contributed by atoms with Gasteiger partial charge in [-0.3, -0.25) is 0 Å². The number of thiophene rings is 1. The SMILES string of the molecule is Cc1ccc(C(C)NCCSc2ccccc2)s1. The molecule has 0 fully saturated rings. The Morgan fingerprint density at radius 3 is 2.61 bits per heavy atom. The third-order valence-electron chi connectivity index (χ3n) is 2.75. The lowest BCUT2D eigenvalue weighted by atomic mass is 10.3. The topological polar surface area (TPSA) is 12.0 Å². The first-order chi connectivity index (χ1) is 8.75. The van der Waals surface area contributed by atoms with Crippen molar-refractivity contribution in [1.82, 2.24) is 5.32 Å². The maximum Gasteiger partial charge on any atom is 0.0386 e. The Bertz CT molecular complexity index is 464. The van der Waals surface area contributed by atoms with E-state index >= 15 is 0 Å². The highest BCUT2D eigenvalue weighted by Crippen LogP contribution is 2.22. The molecule has 0 bridgehead atoms. The predicted octanol–water partition coefficient (Wildman–Crippen LogP) is 4.50. The Labute approximate surface area is 118 Å². The molecule has 0 radical (unpaired) electrons. The van der Waals surface area contributed by atoms with Crippen LogP contribution in [0, 0.1) is 6.92 Å². The van der Waals surface area contributed by atoms with Gasteiger partial charge in [0.25, 0.3) is 0 Å². The Hall–Kier alpha value is -0.770. The van der Waals surface area contributed by atoms with Crippen LogP contribution in [0.15, 0.2) is 47.4 Å². The lowest BCUT2D eigenvalue weighted by Gasteiger charge is -2.11. The molecule has 2 rings (SSSR count). The lowest BCUT2D eigenvalue weighted by molar-refractivity contribution is 0.610. The van der Waals surface area contributed by atoms with Crippen LogP contribution in [0.4, 0.5) is 0 Å². The summed E-state index contributed by atoms with van der Waals surface area (Å²) in [5, 5.41) is 3.57. The zero-order chi connectivity index (χ0) is 12.8. The normalized spacial score (nSPS) is 12.6. The highest BCUT2D eigenvalue weighted by atomic mass is 32.2. The van der Waals surface area contributed by atoms with E-state index in [1.54, 1.807) is 0 Å². The fraction of sp³-hybridized carbons (Fsp3) is 0.333. The van der Waals surface area contributed by atoms with Gasteiger partial charge in [0.2, 0.25) is 0 Å². The molecule has 0 aliphatic rings. The Kier molecular flexibility index (Phi) is 5.29. The standard InChI is InChI=1S/C15H19NS2/c1-12-8-9-15(18-12)13(2)16-10-11-17-14-6-4-3-5-7-14/h3-9,13,16H,10-11H2,1-2H3. The van der Waals surface area contributed by atoms with Gasteiger partial charge in [-0.2, -0.15) is 0 Å². The molecule has 0 saturated carbocycles. The number of hydrogen-bond donors (Lipinski definition) is 1. The summed E-state index contributed by atoms with van der Waals surface area (Å²) in [5.74, 6) is 1.11. The lowest BCUT2D eigenvalue weighted by Crippen LogP contribution is -2.20. The third kappa shape index (κ3) is 4.16. The number of benzene rings is 1. The number of aryl methyl sites for hydroxylation is 1. The summed E-state index contributed by atoms with van der Waals surface area (Å²) >= 11 is 3.78. The molecule has 3 heteroatoms. The number of rotatable bonds is 6. The second kappa shape index (κ2) is 6.98. The maximum atomic E-state index is 3.57. The molecule has 1 nitrogen and oxygen atoms in total. The number of hydrogen-bond acceptors (Lipinski definition) is 3. The quantitative estimate of drug-likeness (QED) is 0.616. The van der Waals surface area contributed by atoms with Crippen molar-refractivity contribution in [3.8, 4) is 0 Å². The maximum absolute atomic E-state index is 3.57. The van der Waals surface area contributed by atoms with E-state index in [9.17, 15) is 0 Å². The average molecular weight is 277 g/mol. The highest BCUT2D eigenvalue weighted by Gasteiger charge is 2.06. The van der Waals surface area contributed by atoms with Gasteiger partial charge in [0.05, 0.1) is 0 Å². The molecule has 0 saturated heterocycles. The van der Waals surface area contributed by atoms with E-state index in [4.69, 9.17) is 0 Å². The molecule has 2 aromatic rings. The molecule has 0 aliphatic carbocycles. The molecule has 18 heavy (non-hydrogen) atoms. The second-order valence-electron chi connectivity index (χ2n) is 4.29. The van der Waals surface area contributed by atoms with Crippen LogP contribution >= 0.6 is 23.1 Å². The smallest absolute Gasteiger partial charge is 0.0386 e. The molecule has 1 N–H and O–H groups in total. The fourth-order valence-corrected chi connectivity index (χ4v) is 3.46. The van der Waals surface area contributed by atoms with Crippen molar-refractivity contribution in [2.24, 2.45) is 0 Å². The molecular formula is C15H19NS2. The van der Waals surface area contributed by atoms with Crippen molar-refractivity contribution in [3.63, 3.8) is 0 Å². The molecule has 0 spiro atoms. The summed E-state index contributed by atoms with van der Waals surface area (Å²) < 4.78 is 0. The largest absolute Gasteiger partial charge is 0.309 e. The first-order valence-corrected chi connectivity index (χ1v) is 8.03. The van der Waals surface area contributed by atoms with Crippen molar-refractivity contribution in [2.45, 2.75) is 24.8 Å². The van der Waals surface area contributed by atoms with Gasteiger partial charge in [0.15, 0.2) is 0 Å². The van der Waals surface area contributed by atoms with Gasteiger partial charge < -0.3 is 5.32 Å². The molecule has 1 heterocycles. The summed E-state index contributed by atoms with van der Waals surface area (Å²) in [4.78, 5) is 4.16. The van der Waals surface area contributed by atoms with Crippen LogP contribution in [-0.4, -0.2) is 12.3 Å². The van der Waals surface area contributed by atoms with E-state index in [2.05, 4.69) is 61.6 Å². The van der Waals surface area contributed by atoms with Crippen LogP contribution in [0.3, 0.4) is 0 Å². The van der Waals surface area contributed by atoms with E-state index in [-0.39, 0.29) is 0 Å². The van der Waals surface area contributed by atoms with Crippen LogP contribution in [0.2, 0.25) is 0 Å². The third-order valence-corrected chi connectivity index (χ3v) is 4.95. The van der Waals surface area contributed by atoms with Crippen LogP contribution in [0.5, 0.6) is 0 Å². The van der Waals surface area contributed by atoms with Crippen molar-refractivity contribution in [3.05, 3.63) is 52.2 Å². The highest BCUT2D eigenvalue weighted by molar-refractivity contribution is 7.99. The Balaban J connectivity index is 1.69. The summed E-state index contributed by atoms with van der Waals surface area (Å²) in [6, 6.07) is 15.4. The van der Waals surface area contributed by atoms with Crippen molar-refractivity contribution in [1.29, 1.82) is 0 Å². The average Bonchev–Trinajstić information content (AvgIpc) is 2.82. The Morgan fingerprint density at radius 2 is 1.94 bits per heavy atom. The minimum atomic E-state index is 0.458. The number of thioether (sulfide) groups is 1. The monoisotopic (exact) mass is 277 g/mol. The second-order valence-corrected chi connectivity index (χ2v) is 6.77. The molecule has 0 aliphatic heterocycles. The van der Waals surface area contributed by atoms with E-state index in [1.807, 2.05) is 23.1 Å². The molecule has 1 aromatic carbocycles. The molecular weight excluding hydrogens is 258 g/mol. The van der Waals surface area contributed by atoms with Crippen LogP contribution in [0.25, 0.3) is 0 Å². The zero-order valence-corrected chi connectivity index (χ0v) is 12.5. The van der Waals surface area contributed by atoms with Crippen LogP contribution in [0.1, 0.15) is 22.7 Å². The van der Waals surface area contributed by atoms with Crippen molar-refractivity contribution < 1.29 is 0 Å². The molecule has 1 aromatic heterocycles. The minimum absolute atomic E-state index is 0.458. The van der Waals surface area contributed by atoms with Gasteiger partial charge in [-0.05, 0) is 38.1 Å². The summed E-state index contributed by atoms with van der Waals surface area (Å²) in [6.07, 6.45) is 0. The van der Waals surface area contributed by atoms with Crippen LogP contribution in [-0.2, 0) is 0 Å². The fourth-order valence-electron chi connectivity index (χ4n) is 1.75. The van der Waals surface area contributed by atoms with E-state index < -0.39 is 0 Å². The van der Waals surface area contributed by atoms with E-state index in [0.717, 1.165) is 12.3 Å². The Morgan fingerprint density at radius 1 is 1.17 bits per heavy atom. The number of nitrogens with one attached hydrogen (secondary N) is 1. The van der Waals surface area contributed by atoms with Gasteiger partial charge in [-0.1, -0.05) is 18.2 Å². The summed E-state index contributed by atoms with van der Waals surface area (Å²) in [6.45, 7) is 5.43. The molecule has 96 valence electrons. The first kappa shape index (κ1) is 13.7. The van der Waals surface area contributed by atoms with Gasteiger partial charge in [0.1, 0.15) is 0 Å². The van der Waals surface area contributed by atoms with Gasteiger partial charge in [0, 0.05) is 33.0 Å². The zero-order valence-electron chi connectivity index (χ0n) is 10.8.